The molecule has 3 heteroatoms. The Balaban J connectivity index is 2.46. The van der Waals surface area contributed by atoms with Crippen LogP contribution in [-0.4, -0.2) is 21.3 Å². The van der Waals surface area contributed by atoms with Gasteiger partial charge in [-0.05, 0) is 25.0 Å². The van der Waals surface area contributed by atoms with Crippen LogP contribution in [0.2, 0.25) is 0 Å². The van der Waals surface area contributed by atoms with E-state index in [0.717, 1.165) is 5.92 Å². The van der Waals surface area contributed by atoms with Crippen LogP contribution in [-0.2, 0) is 10.8 Å². The fraction of sp³-hybridized carbons (Fsp3) is 1.00. The lowest BCUT2D eigenvalue weighted by atomic mass is 9.91. The molecule has 0 N–H and O–H groups in total. The van der Waals surface area contributed by atoms with E-state index in [4.69, 9.17) is 0 Å². The topological polar surface area (TPSA) is 17.1 Å². The average molecular weight is 206 g/mol. The second kappa shape index (κ2) is 5.28. The predicted molar refractivity (Wildman–Crippen MR) is 57.9 cm³/mol. The Hall–Kier alpha value is 0.500. The number of hydrogen-bond acceptors (Lipinski definition) is 2. The van der Waals surface area contributed by atoms with E-state index in [9.17, 15) is 4.21 Å². The van der Waals surface area contributed by atoms with Crippen molar-refractivity contribution in [3.05, 3.63) is 0 Å². The fourth-order valence-electron chi connectivity index (χ4n) is 2.01. The van der Waals surface area contributed by atoms with Gasteiger partial charge in [0.25, 0.3) is 0 Å². The van der Waals surface area contributed by atoms with Crippen molar-refractivity contribution in [3.63, 3.8) is 0 Å². The number of thioether (sulfide) groups is 1. The second-order valence-corrected chi connectivity index (χ2v) is 6.28. The predicted octanol–water partition coefficient (Wildman–Crippen LogP) is 2.63. The van der Waals surface area contributed by atoms with Crippen molar-refractivity contribution in [3.8, 4) is 0 Å². The van der Waals surface area contributed by atoms with E-state index in [0.29, 0.717) is 4.58 Å². The fourth-order valence-corrected chi connectivity index (χ4v) is 4.56. The van der Waals surface area contributed by atoms with Gasteiger partial charge < -0.3 is 0 Å². The Morgan fingerprint density at radius 2 is 1.92 bits per heavy atom. The molecule has 0 aromatic rings. The molecule has 1 rings (SSSR count). The van der Waals surface area contributed by atoms with Crippen molar-refractivity contribution in [2.45, 2.75) is 36.7 Å². The van der Waals surface area contributed by atoms with Crippen molar-refractivity contribution >= 4 is 22.6 Å². The minimum absolute atomic E-state index is 0.394. The lowest BCUT2D eigenvalue weighted by Crippen LogP contribution is -2.23. The average Bonchev–Trinajstić information content (AvgIpc) is 2.07. The van der Waals surface area contributed by atoms with Gasteiger partial charge in [0.05, 0.1) is 4.58 Å². The summed E-state index contributed by atoms with van der Waals surface area (Å²) in [4.78, 5) is 0. The molecule has 1 fully saturated rings. The largest absolute Gasteiger partial charge is 0.259 e. The van der Waals surface area contributed by atoms with Crippen LogP contribution in [0.4, 0.5) is 0 Å². The van der Waals surface area contributed by atoms with Gasteiger partial charge in [0.15, 0.2) is 0 Å². The third kappa shape index (κ3) is 2.77. The molecule has 1 nitrogen and oxygen atoms in total. The molecule has 12 heavy (non-hydrogen) atoms. The van der Waals surface area contributed by atoms with Crippen molar-refractivity contribution in [1.82, 2.24) is 0 Å². The molecule has 0 aromatic heterocycles. The Morgan fingerprint density at radius 1 is 1.33 bits per heavy atom. The first-order valence-electron chi connectivity index (χ1n) is 4.60. The highest BCUT2D eigenvalue weighted by Gasteiger charge is 2.25. The first kappa shape index (κ1) is 10.6. The summed E-state index contributed by atoms with van der Waals surface area (Å²) in [6, 6.07) is 0. The highest BCUT2D eigenvalue weighted by atomic mass is 32.2. The summed E-state index contributed by atoms with van der Waals surface area (Å²) in [6.07, 6.45) is 10.6. The van der Waals surface area contributed by atoms with Crippen molar-refractivity contribution in [2.75, 3.05) is 12.5 Å². The van der Waals surface area contributed by atoms with Crippen LogP contribution in [0.5, 0.6) is 0 Å². The molecule has 2 atom stereocenters. The standard InChI is InChI=1S/C9H18OS2/c1-11-9(12(2)10)8-6-4-3-5-7-8/h8-9H,3-7H2,1-2H3. The summed E-state index contributed by atoms with van der Waals surface area (Å²) in [5.74, 6) is 0.722. The Morgan fingerprint density at radius 3 is 2.33 bits per heavy atom. The molecule has 0 aliphatic heterocycles. The molecule has 1 saturated carbocycles. The highest BCUT2D eigenvalue weighted by Crippen LogP contribution is 2.32. The van der Waals surface area contributed by atoms with Crippen molar-refractivity contribution in [1.29, 1.82) is 0 Å². The quantitative estimate of drug-likeness (QED) is 0.706. The molecule has 72 valence electrons. The van der Waals surface area contributed by atoms with E-state index in [2.05, 4.69) is 6.26 Å². The molecule has 1 aliphatic rings. The van der Waals surface area contributed by atoms with Gasteiger partial charge in [0.1, 0.15) is 0 Å². The molecule has 0 bridgehead atoms. The molecular weight excluding hydrogens is 188 g/mol. The zero-order chi connectivity index (χ0) is 8.97. The maximum absolute atomic E-state index is 11.4. The zero-order valence-corrected chi connectivity index (χ0v) is 9.55. The molecule has 0 saturated heterocycles. The molecule has 0 heterocycles. The summed E-state index contributed by atoms with van der Waals surface area (Å²) in [7, 11) is -0.638. The third-order valence-corrected chi connectivity index (χ3v) is 5.87. The van der Waals surface area contributed by atoms with Gasteiger partial charge in [0.2, 0.25) is 0 Å². The monoisotopic (exact) mass is 206 g/mol. The summed E-state index contributed by atoms with van der Waals surface area (Å²) < 4.78 is 11.8. The SMILES string of the molecule is CSC(C1CCCCC1)S(C)=O. The molecule has 2 unspecified atom stereocenters. The summed E-state index contributed by atoms with van der Waals surface area (Å²) in [5.41, 5.74) is 0. The van der Waals surface area contributed by atoms with Gasteiger partial charge >= 0.3 is 0 Å². The van der Waals surface area contributed by atoms with Crippen LogP contribution in [0.3, 0.4) is 0 Å². The molecule has 0 aromatic carbocycles. The van der Waals surface area contributed by atoms with E-state index < -0.39 is 10.8 Å². The minimum atomic E-state index is -0.638. The molecule has 1 aliphatic carbocycles. The van der Waals surface area contributed by atoms with Gasteiger partial charge in [-0.3, -0.25) is 4.21 Å². The smallest absolute Gasteiger partial charge is 0.0823 e. The number of rotatable bonds is 3. The maximum atomic E-state index is 11.4. The van der Waals surface area contributed by atoms with Gasteiger partial charge in [0, 0.05) is 17.1 Å². The molecule has 0 spiro atoms. The van der Waals surface area contributed by atoms with Gasteiger partial charge in [-0.15, -0.1) is 11.8 Å². The Kier molecular flexibility index (Phi) is 4.65. The first-order chi connectivity index (χ1) is 5.75. The summed E-state index contributed by atoms with van der Waals surface area (Å²) in [6.45, 7) is 0. The van der Waals surface area contributed by atoms with Crippen LogP contribution in [0, 0.1) is 5.92 Å². The number of hydrogen-bond donors (Lipinski definition) is 0. The molecule has 0 amide bonds. The lowest BCUT2D eigenvalue weighted by Gasteiger charge is -2.27. The van der Waals surface area contributed by atoms with E-state index in [1.54, 1.807) is 11.8 Å². The lowest BCUT2D eigenvalue weighted by molar-refractivity contribution is 0.378. The van der Waals surface area contributed by atoms with E-state index in [1.165, 1.54) is 32.1 Å². The molecular formula is C9H18OS2. The van der Waals surface area contributed by atoms with Crippen molar-refractivity contribution in [2.24, 2.45) is 5.92 Å². The van der Waals surface area contributed by atoms with Crippen LogP contribution in [0.1, 0.15) is 32.1 Å². The third-order valence-electron chi connectivity index (χ3n) is 2.59. The van der Waals surface area contributed by atoms with Crippen LogP contribution < -0.4 is 0 Å². The van der Waals surface area contributed by atoms with Crippen LogP contribution in [0.15, 0.2) is 0 Å². The first-order valence-corrected chi connectivity index (χ1v) is 7.51. The van der Waals surface area contributed by atoms with Crippen LogP contribution >= 0.6 is 11.8 Å². The van der Waals surface area contributed by atoms with Gasteiger partial charge in [-0.25, -0.2) is 0 Å². The Labute approximate surface area is 82.2 Å². The van der Waals surface area contributed by atoms with E-state index in [-0.39, 0.29) is 0 Å². The normalized spacial score (nSPS) is 25.2. The van der Waals surface area contributed by atoms with Gasteiger partial charge in [-0.2, -0.15) is 0 Å². The highest BCUT2D eigenvalue weighted by molar-refractivity contribution is 8.10. The minimum Gasteiger partial charge on any atom is -0.259 e. The van der Waals surface area contributed by atoms with Crippen LogP contribution in [0.25, 0.3) is 0 Å². The Bertz CT molecular complexity index is 153. The summed E-state index contributed by atoms with van der Waals surface area (Å²) >= 11 is 1.78. The van der Waals surface area contributed by atoms with Crippen molar-refractivity contribution < 1.29 is 4.21 Å². The van der Waals surface area contributed by atoms with E-state index >= 15 is 0 Å². The second-order valence-electron chi connectivity index (χ2n) is 3.50. The summed E-state index contributed by atoms with van der Waals surface area (Å²) in [5, 5.41) is 0. The maximum Gasteiger partial charge on any atom is 0.0823 e. The van der Waals surface area contributed by atoms with Gasteiger partial charge in [-0.1, -0.05) is 19.3 Å². The zero-order valence-electron chi connectivity index (χ0n) is 7.91. The van der Waals surface area contributed by atoms with E-state index in [1.807, 2.05) is 6.26 Å². The molecule has 0 radical (unpaired) electrons.